The fourth-order valence-electron chi connectivity index (χ4n) is 4.29. The van der Waals surface area contributed by atoms with Crippen molar-refractivity contribution in [3.8, 4) is 0 Å². The number of likely N-dealkylation sites (N-methyl/N-ethyl adjacent to an activating group) is 1. The molecule has 176 valence electrons. The number of Topliss-reactive ketones (excluding diaryl/α,β-unsaturated/α-hetero) is 2. The van der Waals surface area contributed by atoms with E-state index in [1.165, 1.54) is 17.0 Å². The molecule has 8 heteroatoms. The number of ketones is 2. The summed E-state index contributed by atoms with van der Waals surface area (Å²) in [5, 5.41) is 0.0293. The Morgan fingerprint density at radius 3 is 2.36 bits per heavy atom. The van der Waals surface area contributed by atoms with Crippen LogP contribution in [0.25, 0.3) is 0 Å². The van der Waals surface area contributed by atoms with Gasteiger partial charge in [0.15, 0.2) is 15.6 Å². The Morgan fingerprint density at radius 2 is 1.82 bits per heavy atom. The number of hydrogen-bond donors (Lipinski definition) is 0. The van der Waals surface area contributed by atoms with Crippen LogP contribution in [0.4, 0.5) is 0 Å². The molecule has 3 rings (SSSR count). The molecule has 0 aliphatic heterocycles. The molecule has 0 bridgehead atoms. The lowest BCUT2D eigenvalue weighted by atomic mass is 9.86. The Bertz CT molecular complexity index is 1160. The summed E-state index contributed by atoms with van der Waals surface area (Å²) in [6.07, 6.45) is 3.36. The Balaban J connectivity index is 1.93. The average molecular weight is 490 g/mol. The minimum Gasteiger partial charge on any atom is -0.335 e. The van der Waals surface area contributed by atoms with Crippen LogP contribution in [0.3, 0.4) is 0 Å². The molecular formula is C25H28ClNO5S. The van der Waals surface area contributed by atoms with Crippen LogP contribution < -0.4 is 0 Å². The van der Waals surface area contributed by atoms with E-state index in [0.29, 0.717) is 30.4 Å². The minimum absolute atomic E-state index is 0.0166. The largest absolute Gasteiger partial charge is 0.335 e. The highest BCUT2D eigenvalue weighted by Crippen LogP contribution is 2.35. The first-order valence-corrected chi connectivity index (χ1v) is 13.2. The van der Waals surface area contributed by atoms with Crippen molar-refractivity contribution in [2.45, 2.75) is 49.5 Å². The second-order valence-electron chi connectivity index (χ2n) is 8.66. The lowest BCUT2D eigenvalue weighted by molar-refractivity contribution is -0.133. The second kappa shape index (κ2) is 10.2. The lowest BCUT2D eigenvalue weighted by Crippen LogP contribution is -2.43. The molecule has 33 heavy (non-hydrogen) atoms. The standard InChI is InChI=1S/C25H28ClNO5S/c1-16(24(29)17-8-5-4-6-9-17)27(2)25(30)20(14-19-10-7-11-22(19)28)18-12-13-23(21(26)15-18)33(3,31)32/h4-6,8-9,12-13,15-16,19-20H,7,10-11,14H2,1-3H3. The summed E-state index contributed by atoms with van der Waals surface area (Å²) in [5.74, 6) is -1.34. The maximum atomic E-state index is 13.6. The molecule has 0 heterocycles. The summed E-state index contributed by atoms with van der Waals surface area (Å²) in [6.45, 7) is 1.67. The van der Waals surface area contributed by atoms with Gasteiger partial charge in [0, 0.05) is 31.2 Å². The Morgan fingerprint density at radius 1 is 1.15 bits per heavy atom. The molecule has 2 aromatic rings. The molecule has 3 unspecified atom stereocenters. The van der Waals surface area contributed by atoms with Crippen LogP contribution in [0.15, 0.2) is 53.4 Å². The van der Waals surface area contributed by atoms with Gasteiger partial charge in [0.1, 0.15) is 5.78 Å². The van der Waals surface area contributed by atoms with Crippen molar-refractivity contribution in [1.82, 2.24) is 4.90 Å². The highest BCUT2D eigenvalue weighted by Gasteiger charge is 2.35. The zero-order chi connectivity index (χ0) is 24.3. The normalized spacial score (nSPS) is 18.1. The molecule has 2 aromatic carbocycles. The monoisotopic (exact) mass is 489 g/mol. The highest BCUT2D eigenvalue weighted by atomic mass is 35.5. The molecule has 1 aliphatic rings. The van der Waals surface area contributed by atoms with E-state index in [9.17, 15) is 22.8 Å². The fourth-order valence-corrected chi connectivity index (χ4v) is 5.63. The van der Waals surface area contributed by atoms with Crippen molar-refractivity contribution in [2.24, 2.45) is 5.92 Å². The predicted octanol–water partition coefficient (Wildman–Crippen LogP) is 4.32. The molecule has 0 spiro atoms. The van der Waals surface area contributed by atoms with Gasteiger partial charge in [-0.05, 0) is 43.9 Å². The van der Waals surface area contributed by atoms with Crippen LogP contribution in [0.5, 0.6) is 0 Å². The van der Waals surface area contributed by atoms with Gasteiger partial charge in [-0.15, -0.1) is 0 Å². The van der Waals surface area contributed by atoms with Gasteiger partial charge in [0.05, 0.1) is 21.9 Å². The van der Waals surface area contributed by atoms with Crippen LogP contribution >= 0.6 is 11.6 Å². The fraction of sp³-hybridized carbons (Fsp3) is 0.400. The zero-order valence-electron chi connectivity index (χ0n) is 19.0. The maximum Gasteiger partial charge on any atom is 0.230 e. The van der Waals surface area contributed by atoms with Crippen molar-refractivity contribution in [1.29, 1.82) is 0 Å². The second-order valence-corrected chi connectivity index (χ2v) is 11.1. The molecule has 0 N–H and O–H groups in total. The third-order valence-corrected chi connectivity index (χ3v) is 7.95. The first-order chi connectivity index (χ1) is 15.5. The highest BCUT2D eigenvalue weighted by molar-refractivity contribution is 7.90. The molecule has 6 nitrogen and oxygen atoms in total. The first kappa shape index (κ1) is 25.1. The summed E-state index contributed by atoms with van der Waals surface area (Å²) in [5.41, 5.74) is 1.04. The molecule has 1 fully saturated rings. The number of sulfone groups is 1. The quantitative estimate of drug-likeness (QED) is 0.515. The van der Waals surface area contributed by atoms with Gasteiger partial charge in [0.2, 0.25) is 5.91 Å². The van der Waals surface area contributed by atoms with Crippen molar-refractivity contribution in [3.63, 3.8) is 0 Å². The van der Waals surface area contributed by atoms with E-state index in [1.807, 2.05) is 6.07 Å². The molecule has 0 radical (unpaired) electrons. The van der Waals surface area contributed by atoms with Gasteiger partial charge < -0.3 is 4.90 Å². The summed E-state index contributed by atoms with van der Waals surface area (Å²) < 4.78 is 23.9. The average Bonchev–Trinajstić information content (AvgIpc) is 3.19. The van der Waals surface area contributed by atoms with Crippen molar-refractivity contribution >= 4 is 38.9 Å². The van der Waals surface area contributed by atoms with Gasteiger partial charge in [-0.3, -0.25) is 14.4 Å². The lowest BCUT2D eigenvalue weighted by Gasteiger charge is -2.30. The van der Waals surface area contributed by atoms with Crippen LogP contribution in [0.2, 0.25) is 5.02 Å². The SMILES string of the molecule is CC(C(=O)c1ccccc1)N(C)C(=O)C(CC1CCCC1=O)c1ccc(S(C)(=O)=O)c(Cl)c1. The van der Waals surface area contributed by atoms with Gasteiger partial charge >= 0.3 is 0 Å². The molecule has 1 amide bonds. The summed E-state index contributed by atoms with van der Waals surface area (Å²) in [4.78, 5) is 40.2. The Labute approximate surface area is 199 Å². The molecule has 3 atom stereocenters. The number of halogens is 1. The number of amides is 1. The van der Waals surface area contributed by atoms with Crippen LogP contribution in [0.1, 0.15) is 54.4 Å². The summed E-state index contributed by atoms with van der Waals surface area (Å²) in [6, 6.07) is 12.5. The predicted molar refractivity (Wildman–Crippen MR) is 127 cm³/mol. The number of carbonyl (C=O) groups is 3. The van der Waals surface area contributed by atoms with Crippen molar-refractivity contribution in [2.75, 3.05) is 13.3 Å². The third kappa shape index (κ3) is 5.71. The van der Waals surface area contributed by atoms with Gasteiger partial charge in [-0.25, -0.2) is 8.42 Å². The number of carbonyl (C=O) groups excluding carboxylic acids is 3. The van der Waals surface area contributed by atoms with E-state index in [4.69, 9.17) is 11.6 Å². The van der Waals surface area contributed by atoms with Gasteiger partial charge in [-0.2, -0.15) is 0 Å². The van der Waals surface area contributed by atoms with Crippen LogP contribution in [0, 0.1) is 5.92 Å². The Hall–Kier alpha value is -2.51. The first-order valence-electron chi connectivity index (χ1n) is 10.9. The topological polar surface area (TPSA) is 88.6 Å². The van der Waals surface area contributed by atoms with Gasteiger partial charge in [0.25, 0.3) is 0 Å². The maximum absolute atomic E-state index is 13.6. The minimum atomic E-state index is -3.53. The van der Waals surface area contributed by atoms with Crippen LogP contribution in [-0.2, 0) is 19.4 Å². The summed E-state index contributed by atoms with van der Waals surface area (Å²) >= 11 is 6.26. The molecule has 0 saturated heterocycles. The van der Waals surface area contributed by atoms with E-state index >= 15 is 0 Å². The zero-order valence-corrected chi connectivity index (χ0v) is 20.5. The van der Waals surface area contributed by atoms with E-state index < -0.39 is 21.8 Å². The molecular weight excluding hydrogens is 462 g/mol. The van der Waals surface area contributed by atoms with E-state index in [-0.39, 0.29) is 33.3 Å². The number of benzene rings is 2. The number of hydrogen-bond acceptors (Lipinski definition) is 5. The third-order valence-electron chi connectivity index (χ3n) is 6.37. The van der Waals surface area contributed by atoms with Crippen molar-refractivity contribution < 1.29 is 22.8 Å². The summed E-state index contributed by atoms with van der Waals surface area (Å²) in [7, 11) is -1.95. The number of rotatable bonds is 8. The number of nitrogens with zero attached hydrogens (tertiary/aromatic N) is 1. The van der Waals surface area contributed by atoms with E-state index in [1.54, 1.807) is 44.3 Å². The molecule has 0 aromatic heterocycles. The Kier molecular flexibility index (Phi) is 7.75. The smallest absolute Gasteiger partial charge is 0.230 e. The van der Waals surface area contributed by atoms with Gasteiger partial charge in [-0.1, -0.05) is 48.0 Å². The van der Waals surface area contributed by atoms with E-state index in [2.05, 4.69) is 0 Å². The van der Waals surface area contributed by atoms with Crippen LogP contribution in [-0.4, -0.2) is 50.1 Å². The van der Waals surface area contributed by atoms with E-state index in [0.717, 1.165) is 12.7 Å². The molecule has 1 aliphatic carbocycles. The van der Waals surface area contributed by atoms with Crippen molar-refractivity contribution in [3.05, 3.63) is 64.7 Å². The molecule has 1 saturated carbocycles.